The zero-order valence-electron chi connectivity index (χ0n) is 16.2. The Balaban J connectivity index is 1.71. The maximum atomic E-state index is 13.8. The van der Waals surface area contributed by atoms with E-state index in [1.54, 1.807) is 16.7 Å². The number of carbonyl (C=O) groups excluding carboxylic acids is 1. The molecule has 0 saturated carbocycles. The largest absolute Gasteiger partial charge is 0.292 e. The second-order valence-electron chi connectivity index (χ2n) is 8.20. The van der Waals surface area contributed by atoms with E-state index in [-0.39, 0.29) is 11.3 Å². The highest BCUT2D eigenvalue weighted by molar-refractivity contribution is 9.10. The lowest BCUT2D eigenvalue weighted by Crippen LogP contribution is -2.49. The first-order valence-electron chi connectivity index (χ1n) is 9.78. The zero-order valence-corrected chi connectivity index (χ0v) is 18.6. The number of rotatable bonds is 0. The summed E-state index contributed by atoms with van der Waals surface area (Å²) in [5.41, 5.74) is 4.29. The number of aliphatic imine (C=N–C) groups is 1. The summed E-state index contributed by atoms with van der Waals surface area (Å²) in [7, 11) is 1.88. The number of aryl methyl sites for hydroxylation is 2. The molecule has 0 radical (unpaired) electrons. The molecular weight excluding hydrogens is 432 g/mol. The molecule has 144 valence electrons. The van der Waals surface area contributed by atoms with Gasteiger partial charge in [0.25, 0.3) is 5.91 Å². The minimum Gasteiger partial charge on any atom is -0.292 e. The summed E-state index contributed by atoms with van der Waals surface area (Å²) >= 11 is 5.20. The number of hydrogen-bond acceptors (Lipinski definition) is 3. The first-order chi connectivity index (χ1) is 13.5. The second kappa shape index (κ2) is 6.46. The normalized spacial score (nSPS) is 25.0. The summed E-state index contributed by atoms with van der Waals surface area (Å²) < 4.78 is 1.02. The average molecular weight is 455 g/mol. The summed E-state index contributed by atoms with van der Waals surface area (Å²) in [4.78, 5) is 20.8. The molecule has 0 saturated heterocycles. The van der Waals surface area contributed by atoms with Crippen molar-refractivity contribution in [3.8, 4) is 0 Å². The SMILES string of the molecule is CSC1=NC2(C(=O)N1C)c1cc(Br)ccc1CC21CCc2ccccc2CC1. The third kappa shape index (κ3) is 2.35. The Bertz CT molecular complexity index is 990. The van der Waals surface area contributed by atoms with Crippen LogP contribution in [0.2, 0.25) is 0 Å². The van der Waals surface area contributed by atoms with Crippen LogP contribution in [0.5, 0.6) is 0 Å². The molecule has 0 fully saturated rings. The molecule has 2 aromatic carbocycles. The van der Waals surface area contributed by atoms with E-state index in [4.69, 9.17) is 4.99 Å². The van der Waals surface area contributed by atoms with E-state index >= 15 is 0 Å². The van der Waals surface area contributed by atoms with Crippen molar-refractivity contribution in [1.82, 2.24) is 4.90 Å². The van der Waals surface area contributed by atoms with Crippen LogP contribution < -0.4 is 0 Å². The molecule has 3 aliphatic rings. The predicted molar refractivity (Wildman–Crippen MR) is 119 cm³/mol. The Kier molecular flexibility index (Phi) is 4.25. The number of thioether (sulfide) groups is 1. The lowest BCUT2D eigenvalue weighted by atomic mass is 9.65. The van der Waals surface area contributed by atoms with Crippen LogP contribution >= 0.6 is 27.7 Å². The molecule has 2 spiro atoms. The van der Waals surface area contributed by atoms with Gasteiger partial charge in [-0.2, -0.15) is 0 Å². The van der Waals surface area contributed by atoms with E-state index < -0.39 is 5.54 Å². The maximum Gasteiger partial charge on any atom is 0.261 e. The van der Waals surface area contributed by atoms with Crippen LogP contribution in [0.1, 0.15) is 35.1 Å². The van der Waals surface area contributed by atoms with Crippen LogP contribution in [0.4, 0.5) is 0 Å². The van der Waals surface area contributed by atoms with Crippen molar-refractivity contribution in [2.24, 2.45) is 10.4 Å². The Hall–Kier alpha value is -1.59. The van der Waals surface area contributed by atoms with Gasteiger partial charge in [-0.3, -0.25) is 9.69 Å². The van der Waals surface area contributed by atoms with Gasteiger partial charge in [0.1, 0.15) is 0 Å². The van der Waals surface area contributed by atoms with Crippen molar-refractivity contribution in [2.75, 3.05) is 13.3 Å². The van der Waals surface area contributed by atoms with E-state index in [9.17, 15) is 4.79 Å². The topological polar surface area (TPSA) is 32.7 Å². The molecule has 2 aromatic rings. The van der Waals surface area contributed by atoms with Gasteiger partial charge in [-0.25, -0.2) is 4.99 Å². The molecule has 1 unspecified atom stereocenters. The fraction of sp³-hybridized carbons (Fsp3) is 0.391. The molecule has 1 atom stereocenters. The molecule has 0 aromatic heterocycles. The number of amidine groups is 1. The molecule has 3 nitrogen and oxygen atoms in total. The van der Waals surface area contributed by atoms with Gasteiger partial charge in [-0.1, -0.05) is 58.0 Å². The lowest BCUT2D eigenvalue weighted by molar-refractivity contribution is -0.135. The summed E-state index contributed by atoms with van der Waals surface area (Å²) in [5.74, 6) is 0.139. The van der Waals surface area contributed by atoms with Crippen LogP contribution in [0.25, 0.3) is 0 Å². The number of likely N-dealkylation sites (N-methyl/N-ethyl adjacent to an activating group) is 1. The summed E-state index contributed by atoms with van der Waals surface area (Å²) in [6.45, 7) is 0. The number of carbonyl (C=O) groups is 1. The Morgan fingerprint density at radius 3 is 2.36 bits per heavy atom. The van der Waals surface area contributed by atoms with E-state index in [2.05, 4.69) is 58.4 Å². The van der Waals surface area contributed by atoms with Crippen molar-refractivity contribution in [1.29, 1.82) is 0 Å². The maximum absolute atomic E-state index is 13.8. The quantitative estimate of drug-likeness (QED) is 0.563. The first-order valence-corrected chi connectivity index (χ1v) is 11.8. The van der Waals surface area contributed by atoms with Crippen LogP contribution in [-0.4, -0.2) is 29.3 Å². The van der Waals surface area contributed by atoms with Crippen LogP contribution in [0, 0.1) is 5.41 Å². The van der Waals surface area contributed by atoms with E-state index in [1.165, 1.54) is 16.7 Å². The molecule has 1 aliphatic heterocycles. The minimum atomic E-state index is -0.790. The van der Waals surface area contributed by atoms with E-state index in [0.717, 1.165) is 47.3 Å². The van der Waals surface area contributed by atoms with Gasteiger partial charge in [0.2, 0.25) is 0 Å². The van der Waals surface area contributed by atoms with Crippen molar-refractivity contribution < 1.29 is 4.79 Å². The Morgan fingerprint density at radius 1 is 1.07 bits per heavy atom. The molecular formula is C23H23BrN2OS. The van der Waals surface area contributed by atoms with Crippen molar-refractivity contribution >= 4 is 38.8 Å². The van der Waals surface area contributed by atoms with Crippen LogP contribution in [0.15, 0.2) is 51.9 Å². The molecule has 5 rings (SSSR count). The van der Waals surface area contributed by atoms with Gasteiger partial charge < -0.3 is 0 Å². The zero-order chi connectivity index (χ0) is 19.5. The third-order valence-electron chi connectivity index (χ3n) is 6.97. The van der Waals surface area contributed by atoms with E-state index in [1.807, 2.05) is 13.3 Å². The Morgan fingerprint density at radius 2 is 1.75 bits per heavy atom. The summed E-state index contributed by atoms with van der Waals surface area (Å²) in [5, 5.41) is 0.832. The van der Waals surface area contributed by atoms with E-state index in [0.29, 0.717) is 0 Å². The van der Waals surface area contributed by atoms with Gasteiger partial charge in [0.15, 0.2) is 10.7 Å². The highest BCUT2D eigenvalue weighted by atomic mass is 79.9. The number of fused-ring (bicyclic) bond motifs is 4. The highest BCUT2D eigenvalue weighted by Gasteiger charge is 2.65. The van der Waals surface area contributed by atoms with Crippen molar-refractivity contribution in [3.05, 3.63) is 69.2 Å². The lowest BCUT2D eigenvalue weighted by Gasteiger charge is -2.40. The predicted octanol–water partition coefficient (Wildman–Crippen LogP) is 4.96. The number of benzene rings is 2. The van der Waals surface area contributed by atoms with Gasteiger partial charge in [-0.05, 0) is 72.7 Å². The highest BCUT2D eigenvalue weighted by Crippen LogP contribution is 2.61. The Labute approximate surface area is 178 Å². The molecule has 5 heteroatoms. The van der Waals surface area contributed by atoms with Crippen molar-refractivity contribution in [3.63, 3.8) is 0 Å². The minimum absolute atomic E-state index is 0.139. The first kappa shape index (κ1) is 18.4. The summed E-state index contributed by atoms with van der Waals surface area (Å²) in [6.07, 6.45) is 6.92. The van der Waals surface area contributed by atoms with Crippen LogP contribution in [0.3, 0.4) is 0 Å². The van der Waals surface area contributed by atoms with Gasteiger partial charge >= 0.3 is 0 Å². The molecule has 1 heterocycles. The second-order valence-corrected chi connectivity index (χ2v) is 9.89. The van der Waals surface area contributed by atoms with Gasteiger partial charge in [-0.15, -0.1) is 0 Å². The van der Waals surface area contributed by atoms with Crippen molar-refractivity contribution in [2.45, 2.75) is 37.6 Å². The summed E-state index contributed by atoms with van der Waals surface area (Å²) in [6, 6.07) is 15.2. The fourth-order valence-corrected chi connectivity index (χ4v) is 6.52. The number of halogens is 1. The standard InChI is InChI=1S/C23H23BrN2OS/c1-26-20(27)23(25-21(26)28-2)19-13-18(24)8-7-17(19)14-22(23)11-9-15-5-3-4-6-16(15)10-12-22/h3-8,13H,9-12,14H2,1-2H3. The molecule has 28 heavy (non-hydrogen) atoms. The number of amides is 1. The average Bonchev–Trinajstić information content (AvgIpc) is 3.02. The monoisotopic (exact) mass is 454 g/mol. The molecule has 1 amide bonds. The molecule has 0 N–H and O–H groups in total. The molecule has 2 aliphatic carbocycles. The number of nitrogens with zero attached hydrogens (tertiary/aromatic N) is 2. The fourth-order valence-electron chi connectivity index (χ4n) is 5.57. The smallest absolute Gasteiger partial charge is 0.261 e. The third-order valence-corrected chi connectivity index (χ3v) is 8.19. The van der Waals surface area contributed by atoms with Gasteiger partial charge in [0.05, 0.1) is 0 Å². The number of hydrogen-bond donors (Lipinski definition) is 0. The van der Waals surface area contributed by atoms with Gasteiger partial charge in [0, 0.05) is 16.9 Å². The molecule has 0 bridgehead atoms. The van der Waals surface area contributed by atoms with Crippen LogP contribution in [-0.2, 0) is 29.6 Å².